The molecule has 244 valence electrons. The van der Waals surface area contributed by atoms with E-state index in [4.69, 9.17) is 9.05 Å². The van der Waals surface area contributed by atoms with E-state index in [2.05, 4.69) is 92.1 Å². The third-order valence-corrected chi connectivity index (χ3v) is 8.25. The van der Waals surface area contributed by atoms with E-state index < -0.39 is 0 Å². The van der Waals surface area contributed by atoms with E-state index in [9.17, 15) is 0 Å². The summed E-state index contributed by atoms with van der Waals surface area (Å²) >= 11 is 3.48. The first-order valence-electron chi connectivity index (χ1n) is 15.9. The third kappa shape index (κ3) is 9.51. The molecule has 2 unspecified atom stereocenters. The summed E-state index contributed by atoms with van der Waals surface area (Å²) in [5.41, 5.74) is 4.39. The van der Waals surface area contributed by atoms with Crippen molar-refractivity contribution in [3.63, 3.8) is 0 Å². The quantitative estimate of drug-likeness (QED) is 0.130. The van der Waals surface area contributed by atoms with Gasteiger partial charge in [0.05, 0.1) is 10.9 Å². The highest BCUT2D eigenvalue weighted by molar-refractivity contribution is 9.09. The monoisotopic (exact) mass is 713 g/mol. The fourth-order valence-electron chi connectivity index (χ4n) is 4.37. The Balaban J connectivity index is 0.000000171. The minimum atomic E-state index is 0.0623. The molecular weight excluding hydrogens is 682 g/mol. The number of aromatic nitrogens is 8. The summed E-state index contributed by atoms with van der Waals surface area (Å²) in [5, 5.41) is 11.5. The SMILES string of the molecule is CCC(Br)c1nc(-c2ccc(C#Cc3ccccn3)cn2)no1.CCC(NC1CC1)c1nc(-c2ccc(C#Cc3ccccn3)cn2)no1. The molecule has 0 radical (unpaired) electrons. The van der Waals surface area contributed by atoms with Crippen molar-refractivity contribution in [3.05, 3.63) is 120 Å². The number of rotatable bonds is 8. The van der Waals surface area contributed by atoms with E-state index >= 15 is 0 Å². The maximum atomic E-state index is 5.44. The van der Waals surface area contributed by atoms with Gasteiger partial charge in [0.1, 0.15) is 22.8 Å². The molecule has 0 saturated heterocycles. The van der Waals surface area contributed by atoms with Crippen molar-refractivity contribution in [2.45, 2.75) is 56.4 Å². The van der Waals surface area contributed by atoms with Crippen LogP contribution in [0.15, 0.2) is 94.5 Å². The predicted molar refractivity (Wildman–Crippen MR) is 187 cm³/mol. The highest BCUT2D eigenvalue weighted by Gasteiger charge is 2.27. The Labute approximate surface area is 292 Å². The Morgan fingerprint density at radius 1 is 0.694 bits per heavy atom. The fourth-order valence-corrected chi connectivity index (χ4v) is 4.55. The van der Waals surface area contributed by atoms with E-state index in [1.807, 2.05) is 67.6 Å². The van der Waals surface area contributed by atoms with E-state index in [1.54, 1.807) is 24.8 Å². The lowest BCUT2D eigenvalue weighted by molar-refractivity contribution is 0.324. The Morgan fingerprint density at radius 3 is 1.69 bits per heavy atom. The van der Waals surface area contributed by atoms with Gasteiger partial charge in [-0.25, -0.2) is 9.97 Å². The summed E-state index contributed by atoms with van der Waals surface area (Å²) in [6.45, 7) is 4.15. The van der Waals surface area contributed by atoms with Crippen LogP contribution >= 0.6 is 15.9 Å². The second-order valence-electron chi connectivity index (χ2n) is 11.0. The van der Waals surface area contributed by atoms with Crippen LogP contribution < -0.4 is 5.32 Å². The molecule has 1 N–H and O–H groups in total. The lowest BCUT2D eigenvalue weighted by Crippen LogP contribution is -2.23. The lowest BCUT2D eigenvalue weighted by atomic mass is 10.2. The van der Waals surface area contributed by atoms with Gasteiger partial charge >= 0.3 is 0 Å². The molecule has 0 aliphatic heterocycles. The van der Waals surface area contributed by atoms with Gasteiger partial charge in [0, 0.05) is 42.0 Å². The van der Waals surface area contributed by atoms with Gasteiger partial charge in [-0.3, -0.25) is 9.97 Å². The summed E-state index contributed by atoms with van der Waals surface area (Å²) in [4.78, 5) is 26.0. The molecule has 0 spiro atoms. The molecule has 11 nitrogen and oxygen atoms in total. The number of alkyl halides is 1. The number of halogens is 1. The molecule has 0 amide bonds. The van der Waals surface area contributed by atoms with Crippen LogP contribution in [0.1, 0.15) is 84.7 Å². The molecule has 0 aromatic carbocycles. The average molecular weight is 715 g/mol. The summed E-state index contributed by atoms with van der Waals surface area (Å²) in [5.74, 6) is 14.2. The zero-order valence-corrected chi connectivity index (χ0v) is 28.5. The van der Waals surface area contributed by atoms with Crippen LogP contribution in [0.25, 0.3) is 23.0 Å². The molecule has 12 heteroatoms. The van der Waals surface area contributed by atoms with Crippen molar-refractivity contribution in [2.24, 2.45) is 0 Å². The second kappa shape index (κ2) is 16.5. The largest absolute Gasteiger partial charge is 0.338 e. The van der Waals surface area contributed by atoms with Crippen molar-refractivity contribution in [3.8, 4) is 46.7 Å². The topological polar surface area (TPSA) is 141 Å². The summed E-state index contributed by atoms with van der Waals surface area (Å²) in [6, 6.07) is 19.4. The number of pyridine rings is 4. The molecule has 6 aromatic rings. The molecule has 1 saturated carbocycles. The molecule has 1 aliphatic carbocycles. The first-order chi connectivity index (χ1) is 24.1. The number of hydrogen-bond acceptors (Lipinski definition) is 11. The van der Waals surface area contributed by atoms with E-state index in [1.165, 1.54) is 12.8 Å². The molecule has 1 fully saturated rings. The standard InChI is InChI=1S/C20H19N5O.C17H13BrN4O/c1-2-17(23-16-9-10-16)20-24-19(25-26-20)18-11-7-14(13-22-18)6-8-15-5-3-4-12-21-15;1-2-14(18)17-21-16(22-23-17)15-9-7-12(11-20-15)6-8-13-5-3-4-10-19-13/h3-5,7,11-13,16-17,23H,2,9-10H2,1H3;3-5,7,9-11,14H,2H2,1H3. The third-order valence-electron chi connectivity index (χ3n) is 7.22. The Bertz CT molecular complexity index is 2060. The van der Waals surface area contributed by atoms with Crippen LogP contribution in [0.5, 0.6) is 0 Å². The number of hydrogen-bond donors (Lipinski definition) is 1. The zero-order valence-electron chi connectivity index (χ0n) is 26.9. The van der Waals surface area contributed by atoms with Gasteiger partial charge in [-0.15, -0.1) is 0 Å². The molecular formula is C37H32BrN9O2. The number of nitrogens with zero attached hydrogens (tertiary/aromatic N) is 8. The van der Waals surface area contributed by atoms with Gasteiger partial charge in [-0.1, -0.05) is 64.1 Å². The van der Waals surface area contributed by atoms with Gasteiger partial charge in [0.15, 0.2) is 0 Å². The van der Waals surface area contributed by atoms with Gasteiger partial charge in [-0.2, -0.15) is 9.97 Å². The summed E-state index contributed by atoms with van der Waals surface area (Å²) < 4.78 is 10.7. The first kappa shape index (κ1) is 33.3. The maximum absolute atomic E-state index is 5.44. The van der Waals surface area contributed by atoms with E-state index in [0.29, 0.717) is 40.9 Å². The second-order valence-corrected chi connectivity index (χ2v) is 12.1. The van der Waals surface area contributed by atoms with Crippen molar-refractivity contribution in [2.75, 3.05) is 0 Å². The van der Waals surface area contributed by atoms with Crippen LogP contribution in [-0.2, 0) is 0 Å². The minimum Gasteiger partial charge on any atom is -0.338 e. The van der Waals surface area contributed by atoms with Crippen LogP contribution in [0.3, 0.4) is 0 Å². The maximum Gasteiger partial charge on any atom is 0.244 e. The van der Waals surface area contributed by atoms with Crippen molar-refractivity contribution < 1.29 is 9.05 Å². The Kier molecular flexibility index (Phi) is 11.2. The highest BCUT2D eigenvalue weighted by Crippen LogP contribution is 2.27. The first-order valence-corrected chi connectivity index (χ1v) is 16.9. The van der Waals surface area contributed by atoms with Crippen LogP contribution in [0.2, 0.25) is 0 Å². The smallest absolute Gasteiger partial charge is 0.244 e. The Morgan fingerprint density at radius 2 is 1.24 bits per heavy atom. The molecule has 49 heavy (non-hydrogen) atoms. The average Bonchev–Trinajstić information content (AvgIpc) is 3.61. The van der Waals surface area contributed by atoms with Crippen molar-refractivity contribution >= 4 is 15.9 Å². The van der Waals surface area contributed by atoms with Crippen molar-refractivity contribution in [1.29, 1.82) is 0 Å². The zero-order chi connectivity index (χ0) is 33.8. The molecule has 1 aliphatic rings. The molecule has 6 heterocycles. The van der Waals surface area contributed by atoms with Gasteiger partial charge in [-0.05, 0) is 86.1 Å². The van der Waals surface area contributed by atoms with Gasteiger partial charge < -0.3 is 14.4 Å². The molecule has 2 atom stereocenters. The lowest BCUT2D eigenvalue weighted by Gasteiger charge is -2.10. The van der Waals surface area contributed by atoms with Gasteiger partial charge in [0.2, 0.25) is 23.4 Å². The normalized spacial score (nSPS) is 13.1. The van der Waals surface area contributed by atoms with Crippen molar-refractivity contribution in [1.82, 2.24) is 45.5 Å². The molecule has 7 rings (SSSR count). The van der Waals surface area contributed by atoms with Gasteiger partial charge in [0.25, 0.3) is 0 Å². The highest BCUT2D eigenvalue weighted by atomic mass is 79.9. The Hall–Kier alpha value is -5.56. The number of nitrogens with one attached hydrogen (secondary N) is 1. The summed E-state index contributed by atoms with van der Waals surface area (Å²) in [6.07, 6.45) is 11.1. The molecule has 0 bridgehead atoms. The summed E-state index contributed by atoms with van der Waals surface area (Å²) in [7, 11) is 0. The minimum absolute atomic E-state index is 0.0623. The van der Waals surface area contributed by atoms with Crippen LogP contribution in [0.4, 0.5) is 0 Å². The van der Waals surface area contributed by atoms with Crippen LogP contribution in [0, 0.1) is 23.7 Å². The molecule has 6 aromatic heterocycles. The van der Waals surface area contributed by atoms with Crippen LogP contribution in [-0.4, -0.2) is 46.3 Å². The predicted octanol–water partition coefficient (Wildman–Crippen LogP) is 6.90. The van der Waals surface area contributed by atoms with E-state index in [-0.39, 0.29) is 10.9 Å². The van der Waals surface area contributed by atoms with E-state index in [0.717, 1.165) is 35.4 Å². The fraction of sp³-hybridized carbons (Fsp3) is 0.243.